The summed E-state index contributed by atoms with van der Waals surface area (Å²) in [5.74, 6) is -0.0625. The quantitative estimate of drug-likeness (QED) is 0.433. The molecule has 2 aromatic rings. The van der Waals surface area contributed by atoms with Crippen molar-refractivity contribution in [1.82, 2.24) is 14.8 Å². The van der Waals surface area contributed by atoms with Crippen LogP contribution >= 0.6 is 0 Å². The van der Waals surface area contributed by atoms with E-state index < -0.39 is 0 Å². The van der Waals surface area contributed by atoms with Crippen LogP contribution in [0.15, 0.2) is 42.4 Å². The van der Waals surface area contributed by atoms with Gasteiger partial charge in [0, 0.05) is 39.4 Å². The SMILES string of the molecule is CC(=O)/C=C(/C)O.Cn1cc(-c2ccccn2)[c-]n1.[Ir]. The fraction of sp³-hybridized carbons (Fsp3) is 0.214. The summed E-state index contributed by atoms with van der Waals surface area (Å²) in [4.78, 5) is 14.2. The molecule has 0 saturated carbocycles. The molecule has 2 heterocycles. The third-order valence-electron chi connectivity index (χ3n) is 2.00. The van der Waals surface area contributed by atoms with Crippen molar-refractivity contribution >= 4 is 5.78 Å². The molecule has 0 spiro atoms. The first-order valence-electron chi connectivity index (χ1n) is 5.69. The number of aliphatic hydroxyl groups is 1. The number of ketones is 1. The van der Waals surface area contributed by atoms with Gasteiger partial charge in [0.1, 0.15) is 0 Å². The number of rotatable bonds is 2. The Balaban J connectivity index is 0.000000396. The third kappa shape index (κ3) is 6.97. The fourth-order valence-corrected chi connectivity index (χ4v) is 1.32. The van der Waals surface area contributed by atoms with Gasteiger partial charge in [0.05, 0.1) is 5.76 Å². The van der Waals surface area contributed by atoms with Gasteiger partial charge in [-0.2, -0.15) is 0 Å². The molecule has 0 aliphatic heterocycles. The molecule has 2 aromatic heterocycles. The summed E-state index contributed by atoms with van der Waals surface area (Å²) >= 11 is 0. The maximum absolute atomic E-state index is 10.0. The van der Waals surface area contributed by atoms with E-state index >= 15 is 0 Å². The molecule has 0 aromatic carbocycles. The van der Waals surface area contributed by atoms with Crippen LogP contribution in [0.25, 0.3) is 11.3 Å². The van der Waals surface area contributed by atoms with Gasteiger partial charge in [-0.15, -0.1) is 5.56 Å². The Morgan fingerprint density at radius 1 is 1.40 bits per heavy atom. The maximum Gasteiger partial charge on any atom is 0.155 e. The molecule has 0 aliphatic rings. The van der Waals surface area contributed by atoms with E-state index in [1.165, 1.54) is 19.9 Å². The van der Waals surface area contributed by atoms with E-state index in [1.54, 1.807) is 10.9 Å². The average molecular weight is 451 g/mol. The van der Waals surface area contributed by atoms with E-state index in [9.17, 15) is 4.79 Å². The Hall–Kier alpha value is -1.78. The van der Waals surface area contributed by atoms with Crippen molar-refractivity contribution in [2.75, 3.05) is 0 Å². The van der Waals surface area contributed by atoms with Gasteiger partial charge in [-0.05, 0) is 31.8 Å². The summed E-state index contributed by atoms with van der Waals surface area (Å²) in [6.07, 6.45) is 7.69. The molecule has 5 nitrogen and oxygen atoms in total. The van der Waals surface area contributed by atoms with Crippen molar-refractivity contribution in [3.8, 4) is 11.3 Å². The molecule has 2 rings (SSSR count). The van der Waals surface area contributed by atoms with Crippen LogP contribution < -0.4 is 0 Å². The molecule has 1 radical (unpaired) electrons. The van der Waals surface area contributed by atoms with Gasteiger partial charge in [0.2, 0.25) is 0 Å². The van der Waals surface area contributed by atoms with Crippen LogP contribution in [0.4, 0.5) is 0 Å². The van der Waals surface area contributed by atoms with Crippen LogP contribution in [-0.2, 0) is 31.9 Å². The molecule has 0 atom stereocenters. The smallest absolute Gasteiger partial charge is 0.155 e. The number of aryl methyl sites for hydroxylation is 1. The monoisotopic (exact) mass is 451 g/mol. The van der Waals surface area contributed by atoms with Gasteiger partial charge in [-0.1, -0.05) is 18.3 Å². The molecule has 0 saturated heterocycles. The van der Waals surface area contributed by atoms with Crippen molar-refractivity contribution < 1.29 is 30.0 Å². The zero-order valence-corrected chi connectivity index (χ0v) is 13.9. The molecular formula is C14H16IrN3O2-. The summed E-state index contributed by atoms with van der Waals surface area (Å²) in [5.41, 5.74) is 1.84. The standard InChI is InChI=1S/C9H8N3.C5H8O2.Ir/c1-12-7-8(6-11-12)9-4-2-3-5-10-9;1-4(6)3-5(2)7;/h2-5,7H,1H3;3,6H,1-2H3;/q-1;;/b;4-3-;. The average Bonchev–Trinajstić information content (AvgIpc) is 2.76. The number of aliphatic hydroxyl groups excluding tert-OH is 1. The Kier molecular flexibility index (Phi) is 8.36. The van der Waals surface area contributed by atoms with Crippen LogP contribution in [0.1, 0.15) is 13.8 Å². The molecular weight excluding hydrogens is 434 g/mol. The van der Waals surface area contributed by atoms with Crippen LogP contribution in [-0.4, -0.2) is 25.7 Å². The number of hydrogen-bond donors (Lipinski definition) is 1. The number of allylic oxidation sites excluding steroid dienone is 2. The molecule has 0 bridgehead atoms. The van der Waals surface area contributed by atoms with Crippen LogP contribution in [0.3, 0.4) is 0 Å². The van der Waals surface area contributed by atoms with Gasteiger partial charge in [0.15, 0.2) is 5.78 Å². The second-order valence-corrected chi connectivity index (χ2v) is 3.94. The maximum atomic E-state index is 10.0. The van der Waals surface area contributed by atoms with Crippen LogP contribution in [0.5, 0.6) is 0 Å². The fourth-order valence-electron chi connectivity index (χ4n) is 1.32. The summed E-state index contributed by atoms with van der Waals surface area (Å²) in [6.45, 7) is 2.85. The van der Waals surface area contributed by atoms with E-state index in [-0.39, 0.29) is 31.6 Å². The predicted molar refractivity (Wildman–Crippen MR) is 72.3 cm³/mol. The van der Waals surface area contributed by atoms with Crippen molar-refractivity contribution in [2.45, 2.75) is 13.8 Å². The zero-order valence-electron chi connectivity index (χ0n) is 11.5. The predicted octanol–water partition coefficient (Wildman–Crippen LogP) is 2.32. The second-order valence-electron chi connectivity index (χ2n) is 3.94. The summed E-state index contributed by atoms with van der Waals surface area (Å²) < 4.78 is 1.71. The second kappa shape index (κ2) is 9.18. The molecule has 0 amide bonds. The van der Waals surface area contributed by atoms with E-state index in [0.717, 1.165) is 11.3 Å². The molecule has 0 aliphatic carbocycles. The Labute approximate surface area is 131 Å². The van der Waals surface area contributed by atoms with Crippen molar-refractivity contribution in [1.29, 1.82) is 0 Å². The molecule has 1 N–H and O–H groups in total. The van der Waals surface area contributed by atoms with Gasteiger partial charge in [-0.25, -0.2) is 0 Å². The normalized spacial score (nSPS) is 10.1. The number of aromatic nitrogens is 3. The van der Waals surface area contributed by atoms with Crippen molar-refractivity contribution in [3.63, 3.8) is 0 Å². The van der Waals surface area contributed by atoms with E-state index in [4.69, 9.17) is 5.11 Å². The summed E-state index contributed by atoms with van der Waals surface area (Å²) in [6, 6.07) is 5.77. The minimum absolute atomic E-state index is 0. The minimum atomic E-state index is -0.125. The van der Waals surface area contributed by atoms with Gasteiger partial charge in [0.25, 0.3) is 0 Å². The summed E-state index contributed by atoms with van der Waals surface area (Å²) in [7, 11) is 1.86. The Bertz CT molecular complexity index is 561. The molecule has 0 fully saturated rings. The zero-order chi connectivity index (χ0) is 14.3. The van der Waals surface area contributed by atoms with E-state index in [0.29, 0.717) is 0 Å². The number of pyridine rings is 1. The largest absolute Gasteiger partial charge is 0.512 e. The molecule has 0 unspecified atom stereocenters. The summed E-state index contributed by atoms with van der Waals surface area (Å²) in [5, 5.41) is 12.3. The molecule has 6 heteroatoms. The first-order valence-corrected chi connectivity index (χ1v) is 5.69. The number of carbonyl (C=O) groups is 1. The van der Waals surface area contributed by atoms with Gasteiger partial charge < -0.3 is 14.8 Å². The molecule has 20 heavy (non-hydrogen) atoms. The van der Waals surface area contributed by atoms with E-state index in [2.05, 4.69) is 16.3 Å². The third-order valence-corrected chi connectivity index (χ3v) is 2.00. The van der Waals surface area contributed by atoms with E-state index in [1.807, 2.05) is 31.4 Å². The van der Waals surface area contributed by atoms with Crippen LogP contribution in [0, 0.1) is 6.20 Å². The number of nitrogens with zero attached hydrogens (tertiary/aromatic N) is 3. The minimum Gasteiger partial charge on any atom is -0.512 e. The number of hydrogen-bond acceptors (Lipinski definition) is 4. The first kappa shape index (κ1) is 18.2. The number of carbonyl (C=O) groups excluding carboxylic acids is 1. The van der Waals surface area contributed by atoms with Crippen molar-refractivity contribution in [2.24, 2.45) is 7.05 Å². The van der Waals surface area contributed by atoms with Gasteiger partial charge in [-0.3, -0.25) is 9.89 Å². The Morgan fingerprint density at radius 3 is 2.45 bits per heavy atom. The van der Waals surface area contributed by atoms with Crippen LogP contribution in [0.2, 0.25) is 0 Å². The van der Waals surface area contributed by atoms with Gasteiger partial charge >= 0.3 is 0 Å². The topological polar surface area (TPSA) is 68.0 Å². The first-order chi connectivity index (χ1) is 8.99. The molecule has 109 valence electrons. The van der Waals surface area contributed by atoms with Crippen molar-refractivity contribution in [3.05, 3.63) is 48.6 Å². The Morgan fingerprint density at radius 2 is 2.10 bits per heavy atom.